The molecule has 8 nitrogen and oxygen atoms in total. The quantitative estimate of drug-likeness (QED) is 0.850. The van der Waals surface area contributed by atoms with Crippen LogP contribution in [0.1, 0.15) is 49.6 Å². The molecule has 8 heteroatoms. The topological polar surface area (TPSA) is 95.9 Å². The summed E-state index contributed by atoms with van der Waals surface area (Å²) in [6, 6.07) is 1.71. The van der Waals surface area contributed by atoms with Gasteiger partial charge < -0.3 is 10.2 Å². The van der Waals surface area contributed by atoms with Gasteiger partial charge in [0.25, 0.3) is 5.91 Å². The Hall–Kier alpha value is -2.64. The van der Waals surface area contributed by atoms with E-state index in [4.69, 9.17) is 0 Å². The van der Waals surface area contributed by atoms with Crippen LogP contribution in [-0.2, 0) is 11.8 Å². The molecule has 2 heterocycles. The summed E-state index contributed by atoms with van der Waals surface area (Å²) in [4.78, 5) is 26.4. The van der Waals surface area contributed by atoms with Gasteiger partial charge >= 0.3 is 0 Å². The van der Waals surface area contributed by atoms with Crippen LogP contribution in [0, 0.1) is 13.8 Å². The lowest BCUT2D eigenvalue weighted by atomic mass is 10.1. The molecule has 2 amide bonds. The number of aromatic nitrogens is 4. The molecule has 0 aliphatic carbocycles. The second-order valence-electron chi connectivity index (χ2n) is 7.45. The molecule has 0 radical (unpaired) electrons. The standard InChI is InChI=1S/C18H28N6O2/c1-8-24(10-15(25)19-18(4,5)6)17(26)14-9-13(20-21-14)16-11(2)22-23(7)12(16)3/h9H,8,10H2,1-7H3,(H,19,25)(H,20,21). The van der Waals surface area contributed by atoms with Gasteiger partial charge in [-0.05, 0) is 47.6 Å². The normalized spacial score (nSPS) is 11.5. The molecule has 0 spiro atoms. The van der Waals surface area contributed by atoms with Crippen LogP contribution in [-0.4, -0.2) is 55.3 Å². The number of H-pyrrole nitrogens is 1. The van der Waals surface area contributed by atoms with Crippen LogP contribution in [0.5, 0.6) is 0 Å². The van der Waals surface area contributed by atoms with Crippen molar-refractivity contribution in [2.24, 2.45) is 7.05 Å². The Bertz CT molecular complexity index is 812. The number of nitrogens with zero attached hydrogens (tertiary/aromatic N) is 4. The third-order valence-electron chi connectivity index (χ3n) is 4.09. The van der Waals surface area contributed by atoms with Gasteiger partial charge in [0.1, 0.15) is 5.69 Å². The highest BCUT2D eigenvalue weighted by Gasteiger charge is 2.23. The predicted molar refractivity (Wildman–Crippen MR) is 99.7 cm³/mol. The van der Waals surface area contributed by atoms with Crippen molar-refractivity contribution >= 4 is 11.8 Å². The molecule has 0 aromatic carbocycles. The number of nitrogens with one attached hydrogen (secondary N) is 2. The van der Waals surface area contributed by atoms with Crippen molar-refractivity contribution in [2.75, 3.05) is 13.1 Å². The molecule has 0 saturated carbocycles. The summed E-state index contributed by atoms with van der Waals surface area (Å²) >= 11 is 0. The maximum Gasteiger partial charge on any atom is 0.272 e. The highest BCUT2D eigenvalue weighted by molar-refractivity contribution is 5.96. The molecule has 142 valence electrons. The number of amides is 2. The monoisotopic (exact) mass is 360 g/mol. The van der Waals surface area contributed by atoms with Gasteiger partial charge in [0, 0.05) is 30.4 Å². The largest absolute Gasteiger partial charge is 0.350 e. The molecular formula is C18H28N6O2. The summed E-state index contributed by atoms with van der Waals surface area (Å²) in [6.45, 7) is 11.9. The van der Waals surface area contributed by atoms with Crippen molar-refractivity contribution in [3.8, 4) is 11.3 Å². The zero-order valence-corrected chi connectivity index (χ0v) is 16.6. The first kappa shape index (κ1) is 19.7. The van der Waals surface area contributed by atoms with E-state index < -0.39 is 0 Å². The van der Waals surface area contributed by atoms with E-state index >= 15 is 0 Å². The summed E-state index contributed by atoms with van der Waals surface area (Å²) in [7, 11) is 1.87. The fourth-order valence-corrected chi connectivity index (χ4v) is 2.83. The Morgan fingerprint density at radius 1 is 1.31 bits per heavy atom. The molecule has 0 unspecified atom stereocenters. The molecule has 0 aliphatic heterocycles. The van der Waals surface area contributed by atoms with Gasteiger partial charge in [0.15, 0.2) is 0 Å². The minimum absolute atomic E-state index is 0.00586. The maximum absolute atomic E-state index is 12.8. The van der Waals surface area contributed by atoms with Crippen LogP contribution >= 0.6 is 0 Å². The van der Waals surface area contributed by atoms with E-state index in [1.165, 1.54) is 4.90 Å². The molecule has 0 saturated heterocycles. The summed E-state index contributed by atoms with van der Waals surface area (Å²) < 4.78 is 1.79. The van der Waals surface area contributed by atoms with Gasteiger partial charge in [-0.2, -0.15) is 10.2 Å². The van der Waals surface area contributed by atoms with Crippen molar-refractivity contribution in [3.63, 3.8) is 0 Å². The van der Waals surface area contributed by atoms with Crippen LogP contribution in [0.25, 0.3) is 11.3 Å². The number of aryl methyl sites for hydroxylation is 2. The minimum Gasteiger partial charge on any atom is -0.350 e. The molecule has 2 aromatic rings. The van der Waals surface area contributed by atoms with Gasteiger partial charge in [-0.15, -0.1) is 0 Å². The average Bonchev–Trinajstić information content (AvgIpc) is 3.08. The second kappa shape index (κ2) is 7.31. The number of rotatable bonds is 5. The third-order valence-corrected chi connectivity index (χ3v) is 4.09. The van der Waals surface area contributed by atoms with Crippen molar-refractivity contribution < 1.29 is 9.59 Å². The van der Waals surface area contributed by atoms with Crippen LogP contribution in [0.4, 0.5) is 0 Å². The lowest BCUT2D eigenvalue weighted by molar-refractivity contribution is -0.123. The van der Waals surface area contributed by atoms with E-state index in [1.807, 2.05) is 48.6 Å². The summed E-state index contributed by atoms with van der Waals surface area (Å²) in [5, 5.41) is 14.3. The number of hydrogen-bond donors (Lipinski definition) is 2. The third kappa shape index (κ3) is 4.30. The minimum atomic E-state index is -0.337. The lowest BCUT2D eigenvalue weighted by Crippen LogP contribution is -2.47. The predicted octanol–water partition coefficient (Wildman–Crippen LogP) is 1.80. The molecule has 2 N–H and O–H groups in total. The molecule has 2 aromatic heterocycles. The van der Waals surface area contributed by atoms with E-state index in [0.29, 0.717) is 17.9 Å². The average molecular weight is 360 g/mol. The van der Waals surface area contributed by atoms with Gasteiger partial charge in [-0.1, -0.05) is 0 Å². The Kier molecular flexibility index (Phi) is 5.53. The van der Waals surface area contributed by atoms with E-state index in [2.05, 4.69) is 20.6 Å². The zero-order chi connectivity index (χ0) is 19.6. The molecule has 0 aliphatic rings. The Morgan fingerprint density at radius 2 is 1.96 bits per heavy atom. The van der Waals surface area contributed by atoms with Gasteiger partial charge in [0.05, 0.1) is 17.9 Å². The highest BCUT2D eigenvalue weighted by atomic mass is 16.2. The smallest absolute Gasteiger partial charge is 0.272 e. The van der Waals surface area contributed by atoms with Crippen molar-refractivity contribution in [2.45, 2.75) is 47.1 Å². The summed E-state index contributed by atoms with van der Waals surface area (Å²) in [5.74, 6) is -0.444. The summed E-state index contributed by atoms with van der Waals surface area (Å²) in [5.41, 5.74) is 3.43. The Balaban J connectivity index is 2.19. The first-order valence-electron chi connectivity index (χ1n) is 8.69. The summed E-state index contributed by atoms with van der Waals surface area (Å²) in [6.07, 6.45) is 0. The second-order valence-corrected chi connectivity index (χ2v) is 7.45. The van der Waals surface area contributed by atoms with E-state index in [1.54, 1.807) is 10.7 Å². The lowest BCUT2D eigenvalue weighted by Gasteiger charge is -2.24. The number of aromatic amines is 1. The fourth-order valence-electron chi connectivity index (χ4n) is 2.83. The molecule has 0 fully saturated rings. The van der Waals surface area contributed by atoms with E-state index in [9.17, 15) is 9.59 Å². The first-order chi connectivity index (χ1) is 12.0. The van der Waals surface area contributed by atoms with Crippen molar-refractivity contribution in [1.29, 1.82) is 0 Å². The number of carbonyl (C=O) groups is 2. The van der Waals surface area contributed by atoms with Crippen LogP contribution in [0.2, 0.25) is 0 Å². The molecule has 2 rings (SSSR count). The molecular weight excluding hydrogens is 332 g/mol. The van der Waals surface area contributed by atoms with E-state index in [0.717, 1.165) is 17.0 Å². The van der Waals surface area contributed by atoms with Gasteiger partial charge in [-0.3, -0.25) is 19.4 Å². The molecule has 0 bridgehead atoms. The van der Waals surface area contributed by atoms with Crippen LogP contribution in [0.15, 0.2) is 6.07 Å². The maximum atomic E-state index is 12.8. The Labute approximate surface area is 154 Å². The van der Waals surface area contributed by atoms with E-state index in [-0.39, 0.29) is 23.9 Å². The Morgan fingerprint density at radius 3 is 2.46 bits per heavy atom. The van der Waals surface area contributed by atoms with Gasteiger partial charge in [0.2, 0.25) is 5.91 Å². The van der Waals surface area contributed by atoms with Gasteiger partial charge in [-0.25, -0.2) is 0 Å². The number of carbonyl (C=O) groups excluding carboxylic acids is 2. The highest BCUT2D eigenvalue weighted by Crippen LogP contribution is 2.25. The molecule has 0 atom stereocenters. The SMILES string of the molecule is CCN(CC(=O)NC(C)(C)C)C(=O)c1cc(-c2c(C)nn(C)c2C)n[nH]1. The first-order valence-corrected chi connectivity index (χ1v) is 8.69. The van der Waals surface area contributed by atoms with Crippen molar-refractivity contribution in [1.82, 2.24) is 30.2 Å². The van der Waals surface area contributed by atoms with Crippen LogP contribution in [0.3, 0.4) is 0 Å². The van der Waals surface area contributed by atoms with Crippen LogP contribution < -0.4 is 5.32 Å². The number of hydrogen-bond acceptors (Lipinski definition) is 4. The number of likely N-dealkylation sites (N-methyl/N-ethyl adjacent to an activating group) is 1. The zero-order valence-electron chi connectivity index (χ0n) is 16.6. The molecule has 26 heavy (non-hydrogen) atoms. The fraction of sp³-hybridized carbons (Fsp3) is 0.556. The van der Waals surface area contributed by atoms with Crippen molar-refractivity contribution in [3.05, 3.63) is 23.1 Å².